The van der Waals surface area contributed by atoms with Gasteiger partial charge in [-0.3, -0.25) is 0 Å². The molecular weight excluding hydrogens is 1030 g/mol. The van der Waals surface area contributed by atoms with Gasteiger partial charge in [0.15, 0.2) is 0 Å². The largest absolute Gasteiger partial charge is 0.0651 e. The van der Waals surface area contributed by atoms with E-state index >= 15 is 0 Å². The van der Waals surface area contributed by atoms with Crippen LogP contribution in [0, 0.1) is 154 Å². The second-order valence-corrected chi connectivity index (χ2v) is 42.3. The Morgan fingerprint density at radius 2 is 0.779 bits per heavy atom. The molecule has 0 aromatic rings. The van der Waals surface area contributed by atoms with Crippen LogP contribution in [0.15, 0.2) is 0 Å². The van der Waals surface area contributed by atoms with Gasteiger partial charge in [-0.2, -0.15) is 0 Å². The molecule has 11 fully saturated rings. The van der Waals surface area contributed by atoms with Gasteiger partial charge in [0, 0.05) is 0 Å². The van der Waals surface area contributed by atoms with Crippen molar-refractivity contribution in [3.05, 3.63) is 0 Å². The third-order valence-corrected chi connectivity index (χ3v) is 30.8. The van der Waals surface area contributed by atoms with Gasteiger partial charge in [-0.25, -0.2) is 0 Å². The van der Waals surface area contributed by atoms with Gasteiger partial charge in [-0.05, 0) is 282 Å². The Labute approximate surface area is 546 Å². The molecule has 510 valence electrons. The summed E-state index contributed by atoms with van der Waals surface area (Å²) in [7, 11) is 0. The lowest BCUT2D eigenvalue weighted by Crippen LogP contribution is -2.33. The van der Waals surface area contributed by atoms with E-state index < -0.39 is 0 Å². The molecule has 86 heavy (non-hydrogen) atoms. The zero-order valence-corrected chi connectivity index (χ0v) is 66.0. The lowest BCUT2D eigenvalue weighted by atomic mass is 9.61. The van der Waals surface area contributed by atoms with Gasteiger partial charge in [0.2, 0.25) is 0 Å². The van der Waals surface area contributed by atoms with Crippen LogP contribution in [0.1, 0.15) is 395 Å². The monoisotopic (exact) mass is 1200 g/mol. The van der Waals surface area contributed by atoms with Crippen molar-refractivity contribution < 1.29 is 0 Å². The molecule has 11 aliphatic carbocycles. The fraction of sp³-hybridized carbons (Fsp3) is 1.00. The number of hydrogen-bond donors (Lipinski definition) is 0. The smallest absolute Gasteiger partial charge is 0.0288 e. The highest BCUT2D eigenvalue weighted by atomic mass is 14.6. The molecule has 0 radical (unpaired) electrons. The molecule has 0 nitrogen and oxygen atoms in total. The molecule has 0 heterocycles. The molecule has 0 saturated heterocycles. The summed E-state index contributed by atoms with van der Waals surface area (Å²) >= 11 is 0. The summed E-state index contributed by atoms with van der Waals surface area (Å²) in [6.45, 7) is 79.7. The quantitative estimate of drug-likeness (QED) is 0.249. The van der Waals surface area contributed by atoms with E-state index in [1.165, 1.54) is 135 Å². The molecule has 7 unspecified atom stereocenters. The van der Waals surface area contributed by atoms with Crippen LogP contribution in [-0.4, -0.2) is 0 Å². The van der Waals surface area contributed by atoms with E-state index in [-0.39, 0.29) is 0 Å². The second-order valence-electron chi connectivity index (χ2n) is 42.3. The molecule has 11 rings (SSSR count). The van der Waals surface area contributed by atoms with E-state index in [0.717, 1.165) is 88.8 Å². The fourth-order valence-electron chi connectivity index (χ4n) is 24.5. The van der Waals surface area contributed by atoms with Crippen molar-refractivity contribution in [3.8, 4) is 0 Å². The highest BCUT2D eigenvalue weighted by Gasteiger charge is 2.53. The molecule has 10 atom stereocenters. The average Bonchev–Trinajstić information content (AvgIpc) is 1.73. The molecule has 11 saturated carbocycles. The van der Waals surface area contributed by atoms with Crippen molar-refractivity contribution >= 4 is 0 Å². The average molecular weight is 1200 g/mol. The van der Waals surface area contributed by atoms with Gasteiger partial charge in [0.1, 0.15) is 0 Å². The Hall–Kier alpha value is 0. The van der Waals surface area contributed by atoms with Gasteiger partial charge in [0.05, 0.1) is 0 Å². The molecule has 11 aliphatic rings. The van der Waals surface area contributed by atoms with Crippen LogP contribution in [-0.2, 0) is 0 Å². The van der Waals surface area contributed by atoms with Gasteiger partial charge in [-0.15, -0.1) is 0 Å². The molecule has 0 N–H and O–H groups in total. The normalized spacial score (nSPS) is 36.5. The first-order valence-corrected chi connectivity index (χ1v) is 38.9. The molecule has 0 aliphatic heterocycles. The van der Waals surface area contributed by atoms with Crippen molar-refractivity contribution in [2.45, 2.75) is 395 Å². The van der Waals surface area contributed by atoms with Crippen LogP contribution in [0.3, 0.4) is 0 Å². The predicted molar refractivity (Wildman–Crippen MR) is 389 cm³/mol. The zero-order valence-electron chi connectivity index (χ0n) is 66.0. The van der Waals surface area contributed by atoms with Crippen molar-refractivity contribution in [2.24, 2.45) is 154 Å². The highest BCUT2D eigenvalue weighted by Crippen LogP contribution is 2.63. The fourth-order valence-corrected chi connectivity index (χ4v) is 24.5. The molecule has 0 aromatic carbocycles. The maximum Gasteiger partial charge on any atom is -0.0288 e. The summed E-state index contributed by atoms with van der Waals surface area (Å²) in [5.74, 6) is 15.5. The summed E-state index contributed by atoms with van der Waals surface area (Å²) in [4.78, 5) is 0. The standard InChI is InChI=1S/3C12H24.2C11H22.C10H18.2C9H16/c1-9(2)10-11(3,4)7-8-12(10,5)6;1-7-12(6)8-10(2,3)11(4,5)9-12;1-6-10-7-11(2,3)9-12(4,5)8-10;1-6-9-7-10(2,3)11(4,5)8-9;1-6-9-10(2,3)7-8-11(9,4)5;1-7-8-4-5-9(6-8)10(7,2)3;1-6-7(2)9-4-3-8(6)5-9;1-2-8-5-7-3-4-9(8)6-7/h9-10H,7-8H2,1-6H3;7-9H2,1-6H3;10H,6-9H2,1-5H3;2*9H,6-8H2,1-5H3;7-9H,4-6H2,1-3H3;6-9H,3-5H2,1-2H3;7-9H,2-6H2,1H3/t;;;;;7-,8?,9?;6-,7?,8?,9?;7?,8-,9?/m.....100/s1. The van der Waals surface area contributed by atoms with Crippen molar-refractivity contribution in [2.75, 3.05) is 0 Å². The van der Waals surface area contributed by atoms with Crippen LogP contribution in [0.2, 0.25) is 0 Å². The Balaban J connectivity index is 0.000000211. The third kappa shape index (κ3) is 19.6. The van der Waals surface area contributed by atoms with E-state index in [1.807, 2.05) is 0 Å². The van der Waals surface area contributed by atoms with E-state index in [2.05, 4.69) is 228 Å². The van der Waals surface area contributed by atoms with Crippen molar-refractivity contribution in [3.63, 3.8) is 0 Å². The lowest BCUT2D eigenvalue weighted by Gasteiger charge is -2.44. The van der Waals surface area contributed by atoms with Crippen molar-refractivity contribution in [1.82, 2.24) is 0 Å². The minimum absolute atomic E-state index is 0.526. The van der Waals surface area contributed by atoms with Crippen molar-refractivity contribution in [1.29, 1.82) is 0 Å². The molecule has 0 amide bonds. The lowest BCUT2D eigenvalue weighted by molar-refractivity contribution is 0.0660. The first-order chi connectivity index (χ1) is 38.9. The Morgan fingerprint density at radius 1 is 0.372 bits per heavy atom. The first kappa shape index (κ1) is 78.4. The molecule has 0 spiro atoms. The maximum atomic E-state index is 2.46. The van der Waals surface area contributed by atoms with E-state index in [9.17, 15) is 0 Å². The Kier molecular flexibility index (Phi) is 26.8. The first-order valence-electron chi connectivity index (χ1n) is 38.9. The SMILES string of the molecule is CC(C)C1C(C)(C)CCC1(C)C.CC1C2CCC(C2)[C@H]1C.CCC1(C)CC(C)(C)C(C)(C)C1.CCC1C(C)(C)CCC1(C)C.CCC1CC(C)(C)C(C)(C)C1.CCC1CC(C)(C)CC(C)(C)C1.CC[C@H]1CC2CCC1C2.C[C@@H]1C2CCC(C2)C1(C)C. The Bertz CT molecular complexity index is 1890. The van der Waals surface area contributed by atoms with Gasteiger partial charge in [0.25, 0.3) is 0 Å². The van der Waals surface area contributed by atoms with Gasteiger partial charge < -0.3 is 0 Å². The summed E-state index contributed by atoms with van der Waals surface area (Å²) in [6.07, 6.45) is 37.9. The number of rotatable bonds is 6. The molecule has 6 bridgehead atoms. The summed E-state index contributed by atoms with van der Waals surface area (Å²) in [5.41, 5.74) is 6.95. The molecular formula is C86H166. The van der Waals surface area contributed by atoms with Crippen LogP contribution >= 0.6 is 0 Å². The van der Waals surface area contributed by atoms with Crippen LogP contribution in [0.5, 0.6) is 0 Å². The van der Waals surface area contributed by atoms with Crippen LogP contribution in [0.4, 0.5) is 0 Å². The predicted octanol–water partition coefficient (Wildman–Crippen LogP) is 28.9. The number of fused-ring (bicyclic) bond motifs is 6. The minimum Gasteiger partial charge on any atom is -0.0651 e. The minimum atomic E-state index is 0.526. The maximum absolute atomic E-state index is 2.46. The van der Waals surface area contributed by atoms with Gasteiger partial charge in [-0.1, -0.05) is 267 Å². The molecule has 0 heteroatoms. The van der Waals surface area contributed by atoms with E-state index in [4.69, 9.17) is 0 Å². The summed E-state index contributed by atoms with van der Waals surface area (Å²) in [5, 5.41) is 0. The van der Waals surface area contributed by atoms with E-state index in [1.54, 1.807) is 32.1 Å². The van der Waals surface area contributed by atoms with Gasteiger partial charge >= 0.3 is 0 Å². The number of hydrogen-bond acceptors (Lipinski definition) is 0. The highest BCUT2D eigenvalue weighted by molar-refractivity contribution is 5.03. The zero-order chi connectivity index (χ0) is 66.0. The van der Waals surface area contributed by atoms with Crippen LogP contribution < -0.4 is 0 Å². The summed E-state index contributed by atoms with van der Waals surface area (Å²) in [6, 6.07) is 0. The Morgan fingerprint density at radius 3 is 1.01 bits per heavy atom. The summed E-state index contributed by atoms with van der Waals surface area (Å²) < 4.78 is 0. The topological polar surface area (TPSA) is 0 Å². The molecule has 0 aromatic heterocycles. The van der Waals surface area contributed by atoms with E-state index in [0.29, 0.717) is 65.0 Å². The van der Waals surface area contributed by atoms with Crippen LogP contribution in [0.25, 0.3) is 0 Å². The second kappa shape index (κ2) is 29.3. The third-order valence-electron chi connectivity index (χ3n) is 30.8.